The van der Waals surface area contributed by atoms with Gasteiger partial charge in [0.2, 0.25) is 0 Å². The largest absolute Gasteiger partial charge is 0.378 e. The standard InChI is InChI=1S/C9H19IO/c1-4-8(10)7-9(5-2)11-6-3/h8-9H,4-7H2,1-3H3. The Labute approximate surface area is 84.0 Å². The summed E-state index contributed by atoms with van der Waals surface area (Å²) in [5, 5.41) is 0. The van der Waals surface area contributed by atoms with E-state index in [1.807, 2.05) is 0 Å². The van der Waals surface area contributed by atoms with Gasteiger partial charge in [-0.05, 0) is 26.2 Å². The molecule has 0 radical (unpaired) electrons. The number of hydrogen-bond acceptors (Lipinski definition) is 1. The third kappa shape index (κ3) is 5.91. The van der Waals surface area contributed by atoms with Gasteiger partial charge in [0.05, 0.1) is 6.10 Å². The molecule has 68 valence electrons. The van der Waals surface area contributed by atoms with E-state index in [-0.39, 0.29) is 0 Å². The Balaban J connectivity index is 3.49. The van der Waals surface area contributed by atoms with Crippen LogP contribution in [0, 0.1) is 0 Å². The molecule has 0 saturated carbocycles. The van der Waals surface area contributed by atoms with E-state index in [0.29, 0.717) is 6.10 Å². The molecule has 0 N–H and O–H groups in total. The van der Waals surface area contributed by atoms with Crippen LogP contribution in [0.25, 0.3) is 0 Å². The lowest BCUT2D eigenvalue weighted by Gasteiger charge is -2.17. The van der Waals surface area contributed by atoms with Crippen molar-refractivity contribution in [3.8, 4) is 0 Å². The SMILES string of the molecule is CCOC(CC)CC(I)CC. The van der Waals surface area contributed by atoms with Crippen molar-refractivity contribution in [1.82, 2.24) is 0 Å². The first-order valence-corrected chi connectivity index (χ1v) is 5.74. The van der Waals surface area contributed by atoms with Gasteiger partial charge in [0.15, 0.2) is 0 Å². The third-order valence-corrected chi connectivity index (χ3v) is 3.21. The first-order chi connectivity index (χ1) is 5.24. The van der Waals surface area contributed by atoms with Crippen LogP contribution >= 0.6 is 22.6 Å². The van der Waals surface area contributed by atoms with Crippen molar-refractivity contribution in [3.63, 3.8) is 0 Å². The Morgan fingerprint density at radius 1 is 1.18 bits per heavy atom. The Morgan fingerprint density at radius 2 is 1.82 bits per heavy atom. The number of halogens is 1. The second kappa shape index (κ2) is 7.35. The zero-order valence-electron chi connectivity index (χ0n) is 7.77. The van der Waals surface area contributed by atoms with Crippen LogP contribution in [-0.4, -0.2) is 16.6 Å². The molecule has 1 nitrogen and oxygen atoms in total. The molecule has 11 heavy (non-hydrogen) atoms. The first-order valence-electron chi connectivity index (χ1n) is 4.50. The van der Waals surface area contributed by atoms with Gasteiger partial charge in [-0.1, -0.05) is 36.4 Å². The summed E-state index contributed by atoms with van der Waals surface area (Å²) in [7, 11) is 0. The summed E-state index contributed by atoms with van der Waals surface area (Å²) in [6, 6.07) is 0. The minimum absolute atomic E-state index is 0.488. The highest BCUT2D eigenvalue weighted by atomic mass is 127. The van der Waals surface area contributed by atoms with E-state index in [1.54, 1.807) is 0 Å². The van der Waals surface area contributed by atoms with E-state index in [9.17, 15) is 0 Å². The van der Waals surface area contributed by atoms with Crippen LogP contribution in [-0.2, 0) is 4.74 Å². The van der Waals surface area contributed by atoms with E-state index >= 15 is 0 Å². The van der Waals surface area contributed by atoms with Gasteiger partial charge in [-0.3, -0.25) is 0 Å². The summed E-state index contributed by atoms with van der Waals surface area (Å²) >= 11 is 2.50. The van der Waals surface area contributed by atoms with Crippen LogP contribution in [0.2, 0.25) is 0 Å². The Bertz CT molecular complexity index is 85.6. The number of rotatable bonds is 6. The molecule has 0 bridgehead atoms. The van der Waals surface area contributed by atoms with Crippen molar-refractivity contribution in [1.29, 1.82) is 0 Å². The predicted octanol–water partition coefficient (Wildman–Crippen LogP) is 3.41. The molecule has 0 aliphatic rings. The van der Waals surface area contributed by atoms with Gasteiger partial charge in [-0.25, -0.2) is 0 Å². The smallest absolute Gasteiger partial charge is 0.0582 e. The Hall–Kier alpha value is 0.690. The predicted molar refractivity (Wildman–Crippen MR) is 58.4 cm³/mol. The molecule has 0 aliphatic carbocycles. The Kier molecular flexibility index (Phi) is 7.81. The minimum atomic E-state index is 0.488. The van der Waals surface area contributed by atoms with Crippen LogP contribution in [0.15, 0.2) is 0 Å². The third-order valence-electron chi connectivity index (χ3n) is 1.82. The average molecular weight is 270 g/mol. The molecule has 0 spiro atoms. The second-order valence-electron chi connectivity index (χ2n) is 2.73. The van der Waals surface area contributed by atoms with Gasteiger partial charge in [0.1, 0.15) is 0 Å². The fourth-order valence-electron chi connectivity index (χ4n) is 1.04. The lowest BCUT2D eigenvalue weighted by atomic mass is 10.1. The van der Waals surface area contributed by atoms with Crippen LogP contribution < -0.4 is 0 Å². The Morgan fingerprint density at radius 3 is 2.18 bits per heavy atom. The molecule has 0 amide bonds. The van der Waals surface area contributed by atoms with E-state index in [0.717, 1.165) is 17.0 Å². The summed E-state index contributed by atoms with van der Waals surface area (Å²) in [5.74, 6) is 0. The molecule has 2 atom stereocenters. The zero-order valence-corrected chi connectivity index (χ0v) is 9.93. The van der Waals surface area contributed by atoms with Crippen molar-refractivity contribution in [2.24, 2.45) is 0 Å². The molecule has 0 aromatic carbocycles. The number of ether oxygens (including phenoxy) is 1. The van der Waals surface area contributed by atoms with E-state index in [1.165, 1.54) is 12.8 Å². The van der Waals surface area contributed by atoms with Gasteiger partial charge in [0, 0.05) is 10.5 Å². The molecule has 0 fully saturated rings. The molecular weight excluding hydrogens is 251 g/mol. The average Bonchev–Trinajstić information content (AvgIpc) is 2.03. The highest BCUT2D eigenvalue weighted by Gasteiger charge is 2.10. The van der Waals surface area contributed by atoms with Gasteiger partial charge in [-0.2, -0.15) is 0 Å². The van der Waals surface area contributed by atoms with Crippen molar-refractivity contribution in [3.05, 3.63) is 0 Å². The quantitative estimate of drug-likeness (QED) is 0.531. The van der Waals surface area contributed by atoms with E-state index in [4.69, 9.17) is 4.74 Å². The van der Waals surface area contributed by atoms with Gasteiger partial charge in [0.25, 0.3) is 0 Å². The fourth-order valence-corrected chi connectivity index (χ4v) is 1.61. The van der Waals surface area contributed by atoms with Crippen LogP contribution in [0.4, 0.5) is 0 Å². The molecular formula is C9H19IO. The molecule has 0 aliphatic heterocycles. The monoisotopic (exact) mass is 270 g/mol. The van der Waals surface area contributed by atoms with Crippen LogP contribution in [0.1, 0.15) is 40.0 Å². The van der Waals surface area contributed by atoms with Crippen molar-refractivity contribution in [2.45, 2.75) is 50.1 Å². The summed E-state index contributed by atoms with van der Waals surface area (Å²) in [5.41, 5.74) is 0. The normalized spacial score (nSPS) is 16.4. The summed E-state index contributed by atoms with van der Waals surface area (Å²) in [6.45, 7) is 7.34. The highest BCUT2D eigenvalue weighted by Crippen LogP contribution is 2.16. The summed E-state index contributed by atoms with van der Waals surface area (Å²) in [4.78, 5) is 0. The van der Waals surface area contributed by atoms with Crippen molar-refractivity contribution < 1.29 is 4.74 Å². The molecule has 0 heterocycles. The number of hydrogen-bond donors (Lipinski definition) is 0. The van der Waals surface area contributed by atoms with Gasteiger partial charge < -0.3 is 4.74 Å². The van der Waals surface area contributed by atoms with Crippen molar-refractivity contribution >= 4 is 22.6 Å². The second-order valence-corrected chi connectivity index (χ2v) is 4.49. The lowest BCUT2D eigenvalue weighted by Crippen LogP contribution is -2.16. The number of alkyl halides is 1. The molecule has 2 unspecified atom stereocenters. The van der Waals surface area contributed by atoms with Gasteiger partial charge >= 0.3 is 0 Å². The fraction of sp³-hybridized carbons (Fsp3) is 1.00. The highest BCUT2D eigenvalue weighted by molar-refractivity contribution is 14.1. The zero-order chi connectivity index (χ0) is 8.69. The minimum Gasteiger partial charge on any atom is -0.378 e. The topological polar surface area (TPSA) is 9.23 Å². The molecule has 0 aromatic heterocycles. The van der Waals surface area contributed by atoms with Crippen molar-refractivity contribution in [2.75, 3.05) is 6.61 Å². The summed E-state index contributed by atoms with van der Waals surface area (Å²) in [6.07, 6.45) is 4.10. The first kappa shape index (κ1) is 11.7. The maximum atomic E-state index is 5.56. The van der Waals surface area contributed by atoms with Crippen LogP contribution in [0.3, 0.4) is 0 Å². The summed E-state index contributed by atoms with van der Waals surface area (Å²) < 4.78 is 6.34. The molecule has 0 rings (SSSR count). The maximum absolute atomic E-state index is 5.56. The van der Waals surface area contributed by atoms with E-state index < -0.39 is 0 Å². The molecule has 0 aromatic rings. The van der Waals surface area contributed by atoms with Gasteiger partial charge in [-0.15, -0.1) is 0 Å². The molecule has 0 saturated heterocycles. The maximum Gasteiger partial charge on any atom is 0.0582 e. The van der Waals surface area contributed by atoms with E-state index in [2.05, 4.69) is 43.4 Å². The van der Waals surface area contributed by atoms with Crippen LogP contribution in [0.5, 0.6) is 0 Å². The lowest BCUT2D eigenvalue weighted by molar-refractivity contribution is 0.0546. The molecule has 2 heteroatoms.